The first-order valence-corrected chi connectivity index (χ1v) is 11.7. The number of amides is 2. The van der Waals surface area contributed by atoms with Crippen molar-refractivity contribution in [2.24, 2.45) is 5.16 Å². The highest BCUT2D eigenvalue weighted by molar-refractivity contribution is 7.92. The summed E-state index contributed by atoms with van der Waals surface area (Å²) in [5.74, 6) is -1.91. The van der Waals surface area contributed by atoms with Gasteiger partial charge in [0.2, 0.25) is 10.0 Å². The predicted molar refractivity (Wildman–Crippen MR) is 98.5 cm³/mol. The van der Waals surface area contributed by atoms with Gasteiger partial charge in [0.05, 0.1) is 12.8 Å². The molecule has 1 aliphatic heterocycles. The minimum Gasteiger partial charge on any atom is -0.392 e. The van der Waals surface area contributed by atoms with Crippen LogP contribution in [0.4, 0.5) is 5.13 Å². The van der Waals surface area contributed by atoms with Crippen LogP contribution in [-0.2, 0) is 34.8 Å². The molecule has 1 unspecified atom stereocenters. The number of oxime groups is 1. The van der Waals surface area contributed by atoms with Crippen LogP contribution in [-0.4, -0.2) is 73.1 Å². The fourth-order valence-corrected chi connectivity index (χ4v) is 4.13. The highest BCUT2D eigenvalue weighted by Crippen LogP contribution is 2.19. The largest absolute Gasteiger partial charge is 0.392 e. The van der Waals surface area contributed by atoms with E-state index in [0.29, 0.717) is 0 Å². The van der Waals surface area contributed by atoms with E-state index in [1.807, 2.05) is 0 Å². The third kappa shape index (κ3) is 5.60. The number of aromatic nitrogens is 1. The third-order valence-corrected chi connectivity index (χ3v) is 5.40. The molecule has 0 aromatic carbocycles. The molecule has 1 aromatic heterocycles. The number of nitrogens with zero attached hydrogens (tertiary/aromatic N) is 3. The Morgan fingerprint density at radius 3 is 2.57 bits per heavy atom. The van der Waals surface area contributed by atoms with Gasteiger partial charge in [0.15, 0.2) is 10.8 Å². The fraction of sp³-hybridized carbons (Fsp3) is 0.500. The molecule has 16 heteroatoms. The molecule has 1 atom stereocenters. The number of β-lactam (4-membered cyclic amide) rings is 1. The Kier molecular flexibility index (Phi) is 6.27. The van der Waals surface area contributed by atoms with Crippen LogP contribution in [0.25, 0.3) is 0 Å². The van der Waals surface area contributed by atoms with E-state index >= 15 is 0 Å². The van der Waals surface area contributed by atoms with Crippen molar-refractivity contribution in [1.82, 2.24) is 14.6 Å². The number of rotatable bonds is 8. The standard InChI is InChI=1S/C12H17N5O8S3/c1-6(2)25-15-9(8-5-26-12(14-8)16-27(3,20)21)10(18)13-7-4-17(11(7)19)28(22,23)24/h5-7H,4H2,1-3H3,(H,13,18)(H,14,16)(H,22,23,24). The lowest BCUT2D eigenvalue weighted by molar-refractivity contribution is -0.139. The number of carbonyl (C=O) groups excluding carboxylic acids is 2. The van der Waals surface area contributed by atoms with Crippen LogP contribution < -0.4 is 10.0 Å². The van der Waals surface area contributed by atoms with Crippen molar-refractivity contribution in [2.45, 2.75) is 26.0 Å². The number of carbonyl (C=O) groups is 2. The van der Waals surface area contributed by atoms with Crippen molar-refractivity contribution in [3.63, 3.8) is 0 Å². The lowest BCUT2D eigenvalue weighted by atomic mass is 10.1. The van der Waals surface area contributed by atoms with Crippen molar-refractivity contribution in [3.8, 4) is 0 Å². The Morgan fingerprint density at radius 2 is 2.07 bits per heavy atom. The van der Waals surface area contributed by atoms with Gasteiger partial charge in [0, 0.05) is 5.38 Å². The Hall–Kier alpha value is -2.30. The zero-order valence-corrected chi connectivity index (χ0v) is 17.3. The first kappa shape index (κ1) is 22.0. The summed E-state index contributed by atoms with van der Waals surface area (Å²) in [7, 11) is -8.27. The van der Waals surface area contributed by atoms with E-state index in [1.54, 1.807) is 13.8 Å². The Balaban J connectivity index is 2.19. The topological polar surface area (TPSA) is 184 Å². The number of thiazole rings is 1. The maximum atomic E-state index is 12.5. The van der Waals surface area contributed by atoms with Crippen LogP contribution in [0.2, 0.25) is 0 Å². The molecule has 156 valence electrons. The lowest BCUT2D eigenvalue weighted by Gasteiger charge is -2.35. The normalized spacial score (nSPS) is 18.0. The average Bonchev–Trinajstić information content (AvgIpc) is 2.95. The molecule has 2 amide bonds. The fourth-order valence-electron chi connectivity index (χ4n) is 1.89. The van der Waals surface area contributed by atoms with Gasteiger partial charge in [0.1, 0.15) is 17.8 Å². The second kappa shape index (κ2) is 7.98. The smallest absolute Gasteiger partial charge is 0.362 e. The van der Waals surface area contributed by atoms with Crippen LogP contribution in [0.5, 0.6) is 0 Å². The molecule has 0 saturated carbocycles. The van der Waals surface area contributed by atoms with Crippen molar-refractivity contribution in [2.75, 3.05) is 17.5 Å². The second-order valence-corrected chi connectivity index (χ2v) is 9.82. The van der Waals surface area contributed by atoms with Crippen LogP contribution in [0.15, 0.2) is 10.5 Å². The molecular weight excluding hydrogens is 438 g/mol. The van der Waals surface area contributed by atoms with Gasteiger partial charge in [-0.15, -0.1) is 11.3 Å². The molecule has 2 rings (SSSR count). The number of hydrogen-bond donors (Lipinski definition) is 3. The number of hydrogen-bond acceptors (Lipinski definition) is 10. The second-order valence-electron chi connectivity index (χ2n) is 5.88. The number of anilines is 1. The summed E-state index contributed by atoms with van der Waals surface area (Å²) in [6.45, 7) is 2.85. The Labute approximate surface area is 164 Å². The summed E-state index contributed by atoms with van der Waals surface area (Å²) in [6, 6.07) is -1.19. The summed E-state index contributed by atoms with van der Waals surface area (Å²) < 4.78 is 55.6. The van der Waals surface area contributed by atoms with Gasteiger partial charge in [-0.05, 0) is 13.8 Å². The van der Waals surface area contributed by atoms with Gasteiger partial charge in [-0.3, -0.25) is 18.9 Å². The summed E-state index contributed by atoms with van der Waals surface area (Å²) >= 11 is 0.894. The van der Waals surface area contributed by atoms with Crippen LogP contribution >= 0.6 is 11.3 Å². The number of nitrogens with one attached hydrogen (secondary N) is 2. The van der Waals surface area contributed by atoms with Gasteiger partial charge in [-0.2, -0.15) is 8.42 Å². The van der Waals surface area contributed by atoms with E-state index in [9.17, 15) is 26.4 Å². The van der Waals surface area contributed by atoms with Gasteiger partial charge >= 0.3 is 10.3 Å². The van der Waals surface area contributed by atoms with Gasteiger partial charge < -0.3 is 10.2 Å². The van der Waals surface area contributed by atoms with E-state index < -0.39 is 50.8 Å². The zero-order valence-electron chi connectivity index (χ0n) is 14.8. The third-order valence-electron chi connectivity index (χ3n) is 3.07. The highest BCUT2D eigenvalue weighted by atomic mass is 32.2. The van der Waals surface area contributed by atoms with Gasteiger partial charge in [-0.1, -0.05) is 5.16 Å². The summed E-state index contributed by atoms with van der Waals surface area (Å²) in [4.78, 5) is 33.2. The summed E-state index contributed by atoms with van der Waals surface area (Å²) in [6.07, 6.45) is 0.538. The van der Waals surface area contributed by atoms with Crippen molar-refractivity contribution < 1.29 is 35.8 Å². The monoisotopic (exact) mass is 455 g/mol. The lowest BCUT2D eigenvalue weighted by Crippen LogP contribution is -2.65. The van der Waals surface area contributed by atoms with E-state index in [1.165, 1.54) is 5.38 Å². The van der Waals surface area contributed by atoms with Crippen molar-refractivity contribution >= 4 is 54.3 Å². The minimum atomic E-state index is -4.69. The van der Waals surface area contributed by atoms with Crippen LogP contribution in [0, 0.1) is 0 Å². The summed E-state index contributed by atoms with van der Waals surface area (Å²) in [5.41, 5.74) is -0.364. The van der Waals surface area contributed by atoms with E-state index in [0.717, 1.165) is 17.6 Å². The minimum absolute atomic E-state index is 0.0141. The summed E-state index contributed by atoms with van der Waals surface area (Å²) in [5, 5.41) is 7.28. The molecule has 2 heterocycles. The highest BCUT2D eigenvalue weighted by Gasteiger charge is 2.45. The number of sulfonamides is 1. The van der Waals surface area contributed by atoms with E-state index in [-0.39, 0.29) is 20.8 Å². The Bertz CT molecular complexity index is 1010. The maximum absolute atomic E-state index is 12.5. The average molecular weight is 455 g/mol. The molecule has 1 fully saturated rings. The maximum Gasteiger partial charge on any atom is 0.362 e. The molecule has 3 N–H and O–H groups in total. The van der Waals surface area contributed by atoms with Crippen LogP contribution in [0.1, 0.15) is 19.5 Å². The molecule has 0 bridgehead atoms. The molecular formula is C12H17N5O8S3. The van der Waals surface area contributed by atoms with Crippen molar-refractivity contribution in [1.29, 1.82) is 0 Å². The first-order chi connectivity index (χ1) is 12.8. The van der Waals surface area contributed by atoms with E-state index in [4.69, 9.17) is 9.39 Å². The zero-order chi connectivity index (χ0) is 21.3. The molecule has 1 aromatic rings. The quantitative estimate of drug-likeness (QED) is 0.187. The first-order valence-electron chi connectivity index (χ1n) is 7.55. The van der Waals surface area contributed by atoms with E-state index in [2.05, 4.69) is 20.2 Å². The predicted octanol–water partition coefficient (Wildman–Crippen LogP) is -1.23. The molecule has 0 radical (unpaired) electrons. The molecule has 0 spiro atoms. The molecule has 13 nitrogen and oxygen atoms in total. The van der Waals surface area contributed by atoms with Crippen LogP contribution in [0.3, 0.4) is 0 Å². The van der Waals surface area contributed by atoms with Gasteiger partial charge in [-0.25, -0.2) is 17.7 Å². The molecule has 1 saturated heterocycles. The Morgan fingerprint density at radius 1 is 1.43 bits per heavy atom. The molecule has 28 heavy (non-hydrogen) atoms. The molecule has 0 aliphatic carbocycles. The molecule has 1 aliphatic rings. The van der Waals surface area contributed by atoms with Crippen molar-refractivity contribution in [3.05, 3.63) is 11.1 Å². The SMILES string of the molecule is CC(C)ON=C(C(=O)NC1CN(S(=O)(=O)O)C1=O)c1csc(NS(C)(=O)=O)n1. The van der Waals surface area contributed by atoms with Gasteiger partial charge in [0.25, 0.3) is 11.8 Å².